The minimum absolute atomic E-state index is 0.205. The lowest BCUT2D eigenvalue weighted by molar-refractivity contribution is -0.128. The Bertz CT molecular complexity index is 1260. The first kappa shape index (κ1) is 26.8. The molecule has 2 aliphatic rings. The van der Waals surface area contributed by atoms with E-state index in [1.165, 1.54) is 5.01 Å². The number of nitrogen functional groups attached to an aromatic ring is 1. The summed E-state index contributed by atoms with van der Waals surface area (Å²) < 4.78 is 6.05. The van der Waals surface area contributed by atoms with Gasteiger partial charge in [-0.05, 0) is 76.5 Å². The highest BCUT2D eigenvalue weighted by molar-refractivity contribution is 7.15. The fraction of sp³-hybridized carbons (Fsp3) is 0.414. The molecule has 37 heavy (non-hydrogen) atoms. The number of carbonyl (C=O) groups excluding carboxylic acids is 1. The quantitative estimate of drug-likeness (QED) is 0.410. The molecule has 0 bridgehead atoms. The molecule has 1 atom stereocenters. The van der Waals surface area contributed by atoms with Gasteiger partial charge >= 0.3 is 0 Å². The highest BCUT2D eigenvalue weighted by Crippen LogP contribution is 2.36. The van der Waals surface area contributed by atoms with Gasteiger partial charge < -0.3 is 20.5 Å². The van der Waals surface area contributed by atoms with Crippen molar-refractivity contribution in [1.29, 1.82) is 0 Å². The third-order valence-corrected chi connectivity index (χ3v) is 7.93. The van der Waals surface area contributed by atoms with Gasteiger partial charge in [-0.25, -0.2) is 9.97 Å². The van der Waals surface area contributed by atoms with Gasteiger partial charge in [0.15, 0.2) is 23.0 Å². The van der Waals surface area contributed by atoms with Crippen molar-refractivity contribution in [2.45, 2.75) is 50.5 Å². The number of anilines is 1. The zero-order valence-electron chi connectivity index (χ0n) is 21.4. The topological polar surface area (TPSA) is 102 Å². The van der Waals surface area contributed by atoms with E-state index >= 15 is 0 Å². The molecule has 7 nitrogen and oxygen atoms in total. The first-order valence-corrected chi connectivity index (χ1v) is 13.5. The molecule has 1 saturated carbocycles. The zero-order valence-corrected chi connectivity index (χ0v) is 22.3. The third kappa shape index (κ3) is 6.95. The summed E-state index contributed by atoms with van der Waals surface area (Å²) in [6.07, 6.45) is 16.5. The summed E-state index contributed by atoms with van der Waals surface area (Å²) in [6.45, 7) is 4.39. The van der Waals surface area contributed by atoms with Crippen LogP contribution in [0.15, 0.2) is 54.4 Å². The molecule has 1 saturated heterocycles. The maximum absolute atomic E-state index is 11.8. The molecule has 194 valence electrons. The maximum Gasteiger partial charge on any atom is 0.184 e. The average Bonchev–Trinajstić information content (AvgIpc) is 3.51. The molecule has 1 unspecified atom stereocenters. The van der Waals surface area contributed by atoms with Crippen LogP contribution in [-0.2, 0) is 4.79 Å². The van der Waals surface area contributed by atoms with E-state index in [-0.39, 0.29) is 12.4 Å². The van der Waals surface area contributed by atoms with Crippen molar-refractivity contribution in [3.63, 3.8) is 0 Å². The van der Waals surface area contributed by atoms with Crippen molar-refractivity contribution in [2.75, 3.05) is 32.5 Å². The molecule has 0 radical (unpaired) electrons. The van der Waals surface area contributed by atoms with Crippen molar-refractivity contribution in [3.8, 4) is 28.0 Å². The molecule has 0 aromatic carbocycles. The van der Waals surface area contributed by atoms with Crippen LogP contribution in [0.1, 0.15) is 50.0 Å². The summed E-state index contributed by atoms with van der Waals surface area (Å²) in [6, 6.07) is 1.91. The number of likely N-dealkylation sites (tertiary alicyclic amines) is 1. The summed E-state index contributed by atoms with van der Waals surface area (Å²) in [5.41, 5.74) is 6.38. The Morgan fingerprint density at radius 2 is 2.16 bits per heavy atom. The van der Waals surface area contributed by atoms with Gasteiger partial charge in [-0.2, -0.15) is 0 Å². The van der Waals surface area contributed by atoms with E-state index in [9.17, 15) is 9.90 Å². The van der Waals surface area contributed by atoms with Gasteiger partial charge in [-0.15, -0.1) is 11.3 Å². The summed E-state index contributed by atoms with van der Waals surface area (Å²) >= 11 is 1.71. The summed E-state index contributed by atoms with van der Waals surface area (Å²) in [7, 11) is 2.16. The Morgan fingerprint density at radius 3 is 2.89 bits per heavy atom. The van der Waals surface area contributed by atoms with Crippen LogP contribution in [0.5, 0.6) is 5.75 Å². The molecule has 1 aliphatic heterocycles. The minimum atomic E-state index is -1.52. The van der Waals surface area contributed by atoms with Crippen LogP contribution in [0.3, 0.4) is 0 Å². The minimum Gasteiger partial charge on any atom is -0.485 e. The van der Waals surface area contributed by atoms with Crippen molar-refractivity contribution in [1.82, 2.24) is 14.9 Å². The van der Waals surface area contributed by atoms with E-state index in [0.29, 0.717) is 36.7 Å². The Balaban J connectivity index is 1.44. The molecule has 2 fully saturated rings. The number of thiazole rings is 1. The molecule has 3 N–H and O–H groups in total. The first-order valence-electron chi connectivity index (χ1n) is 12.7. The van der Waals surface area contributed by atoms with Gasteiger partial charge in [0.05, 0.1) is 9.88 Å². The fourth-order valence-corrected chi connectivity index (χ4v) is 5.46. The van der Waals surface area contributed by atoms with Crippen molar-refractivity contribution in [3.05, 3.63) is 59.4 Å². The predicted molar refractivity (Wildman–Crippen MR) is 148 cm³/mol. The van der Waals surface area contributed by atoms with Crippen LogP contribution in [0.2, 0.25) is 0 Å². The number of aromatic nitrogens is 2. The molecule has 4 rings (SSSR count). The van der Waals surface area contributed by atoms with Crippen LogP contribution >= 0.6 is 11.3 Å². The third-order valence-electron chi connectivity index (χ3n) is 6.72. The summed E-state index contributed by atoms with van der Waals surface area (Å²) in [5.74, 6) is 6.64. The van der Waals surface area contributed by atoms with Crippen molar-refractivity contribution < 1.29 is 14.6 Å². The fourth-order valence-electron chi connectivity index (χ4n) is 4.40. The van der Waals surface area contributed by atoms with Crippen molar-refractivity contribution in [2.24, 2.45) is 0 Å². The molecule has 1 aliphatic carbocycles. The van der Waals surface area contributed by atoms with E-state index < -0.39 is 5.60 Å². The van der Waals surface area contributed by atoms with Crippen LogP contribution < -0.4 is 10.5 Å². The normalized spacial score (nSPS) is 21.6. The number of hydrogen-bond acceptors (Lipinski definition) is 8. The van der Waals surface area contributed by atoms with Gasteiger partial charge in [0.1, 0.15) is 6.61 Å². The second kappa shape index (κ2) is 12.3. The van der Waals surface area contributed by atoms with Gasteiger partial charge in [-0.1, -0.05) is 30.1 Å². The first-order chi connectivity index (χ1) is 17.9. The predicted octanol–water partition coefficient (Wildman–Crippen LogP) is 4.52. The summed E-state index contributed by atoms with van der Waals surface area (Å²) in [4.78, 5) is 24.3. The van der Waals surface area contributed by atoms with Crippen LogP contribution in [-0.4, -0.2) is 58.1 Å². The number of nitrogens with two attached hydrogens (primary N) is 1. The number of piperidine rings is 1. The number of allylic oxidation sites excluding steroid dienone is 4. The SMILES string of the molecule is C\C=C/C=C(\C=C\C#CC1(O)CCCC1=O)COc1cc(-c2cnc(C3CCN(C)CC3)s2)cnc1N. The highest BCUT2D eigenvalue weighted by atomic mass is 32.1. The standard InChI is InChI=1S/C29H34N4O3S/c1-3-4-8-21(9-5-6-13-29(35)14-7-10-26(29)34)20-36-24-17-23(18-31-27(24)30)25-19-32-28(37-25)22-11-15-33(2)16-12-22/h3-5,8-9,17-19,22,35H,7,10-12,14-16,20H2,1-2H3,(H2,30,31)/b4-3-,9-5+,21-8+. The lowest BCUT2D eigenvalue weighted by Crippen LogP contribution is -2.31. The van der Waals surface area contributed by atoms with Crippen LogP contribution in [0.25, 0.3) is 10.4 Å². The van der Waals surface area contributed by atoms with Gasteiger partial charge in [0.2, 0.25) is 0 Å². The number of carbonyl (C=O) groups is 1. The Labute approximate surface area is 222 Å². The number of nitrogens with zero attached hydrogens (tertiary/aromatic N) is 3. The molecular weight excluding hydrogens is 484 g/mol. The molecule has 0 amide bonds. The van der Waals surface area contributed by atoms with Gasteiger partial charge in [0.25, 0.3) is 0 Å². The van der Waals surface area contributed by atoms with Crippen molar-refractivity contribution >= 4 is 22.9 Å². The Hall–Kier alpha value is -3.25. The highest BCUT2D eigenvalue weighted by Gasteiger charge is 2.38. The second-order valence-electron chi connectivity index (χ2n) is 9.54. The number of aliphatic hydroxyl groups is 1. The number of ketones is 1. The van der Waals surface area contributed by atoms with Gasteiger partial charge in [-0.3, -0.25) is 4.79 Å². The number of hydrogen-bond donors (Lipinski definition) is 2. The number of Topliss-reactive ketones (excluding diaryl/α,β-unsaturated/α-hetero) is 1. The number of pyridine rings is 1. The molecule has 8 heteroatoms. The summed E-state index contributed by atoms with van der Waals surface area (Å²) in [5, 5.41) is 11.5. The van der Waals surface area contributed by atoms with Gasteiger partial charge in [0, 0.05) is 30.3 Å². The van der Waals surface area contributed by atoms with E-state index in [4.69, 9.17) is 15.5 Å². The van der Waals surface area contributed by atoms with E-state index in [0.717, 1.165) is 41.9 Å². The lowest BCUT2D eigenvalue weighted by Gasteiger charge is -2.27. The van der Waals surface area contributed by atoms with Crippen LogP contribution in [0.4, 0.5) is 5.82 Å². The largest absolute Gasteiger partial charge is 0.485 e. The average molecular weight is 519 g/mol. The zero-order chi connectivity index (χ0) is 26.3. The van der Waals surface area contributed by atoms with E-state index in [2.05, 4.69) is 28.8 Å². The molecule has 0 spiro atoms. The van der Waals surface area contributed by atoms with E-state index in [1.54, 1.807) is 29.7 Å². The molecular formula is C29H34N4O3S. The number of rotatable bonds is 7. The van der Waals surface area contributed by atoms with E-state index in [1.807, 2.05) is 37.4 Å². The maximum atomic E-state index is 11.8. The molecule has 3 heterocycles. The monoisotopic (exact) mass is 518 g/mol. The number of ether oxygens (including phenoxy) is 1. The molecule has 2 aromatic heterocycles. The van der Waals surface area contributed by atoms with Crippen LogP contribution in [0, 0.1) is 11.8 Å². The Kier molecular flexibility index (Phi) is 8.93. The smallest absolute Gasteiger partial charge is 0.184 e. The lowest BCUT2D eigenvalue weighted by atomic mass is 9.98. The second-order valence-corrected chi connectivity index (χ2v) is 10.6. The molecule has 2 aromatic rings. The Morgan fingerprint density at radius 1 is 1.35 bits per heavy atom.